The van der Waals surface area contributed by atoms with Crippen molar-refractivity contribution in [3.8, 4) is 0 Å². The molecule has 0 aliphatic carbocycles. The van der Waals surface area contributed by atoms with Crippen LogP contribution in [0.15, 0.2) is 12.3 Å². The van der Waals surface area contributed by atoms with E-state index in [0.29, 0.717) is 25.2 Å². The average Bonchev–Trinajstić information content (AvgIpc) is 2.54. The molecule has 70 valence electrons. The Morgan fingerprint density at radius 2 is 2.46 bits per heavy atom. The third-order valence-corrected chi connectivity index (χ3v) is 1.41. The van der Waals surface area contributed by atoms with Crippen molar-refractivity contribution < 1.29 is 14.3 Å². The smallest absolute Gasteiger partial charge is 0.293 e. The fourth-order valence-corrected chi connectivity index (χ4v) is 0.881. The molecule has 0 aliphatic heterocycles. The second-order valence-corrected chi connectivity index (χ2v) is 2.17. The van der Waals surface area contributed by atoms with Gasteiger partial charge in [-0.05, 0) is 0 Å². The predicted molar refractivity (Wildman–Crippen MR) is 43.9 cm³/mol. The number of aromatic nitrogens is 2. The number of hydrogen-bond donors (Lipinski definition) is 1. The van der Waals surface area contributed by atoms with Crippen LogP contribution < -0.4 is 5.32 Å². The number of hydrogen-bond acceptors (Lipinski definition) is 4. The molecule has 0 bridgehead atoms. The summed E-state index contributed by atoms with van der Waals surface area (Å²) >= 11 is 0. The molecule has 13 heavy (non-hydrogen) atoms. The van der Waals surface area contributed by atoms with Gasteiger partial charge in [0.05, 0.1) is 12.7 Å². The Balaban J connectivity index is 2.49. The van der Waals surface area contributed by atoms with E-state index in [1.165, 1.54) is 4.68 Å². The zero-order chi connectivity index (χ0) is 9.52. The van der Waals surface area contributed by atoms with Gasteiger partial charge in [-0.25, -0.2) is 4.68 Å². The molecule has 0 atom stereocenters. The van der Waals surface area contributed by atoms with Gasteiger partial charge in [0, 0.05) is 6.07 Å². The first-order chi connectivity index (χ1) is 6.38. The van der Waals surface area contributed by atoms with Crippen molar-refractivity contribution >= 4 is 18.7 Å². The molecule has 0 radical (unpaired) electrons. The summed E-state index contributed by atoms with van der Waals surface area (Å²) in [6.45, 7) is 1.02. The molecule has 1 heterocycles. The summed E-state index contributed by atoms with van der Waals surface area (Å²) in [5.74, 6) is 0.574. The van der Waals surface area contributed by atoms with E-state index in [4.69, 9.17) is 0 Å². The highest BCUT2D eigenvalue weighted by molar-refractivity contribution is 5.68. The second kappa shape index (κ2) is 4.91. The van der Waals surface area contributed by atoms with Gasteiger partial charge in [-0.1, -0.05) is 0 Å². The first-order valence-corrected chi connectivity index (χ1v) is 3.65. The van der Waals surface area contributed by atoms with Gasteiger partial charge < -0.3 is 10.1 Å². The lowest BCUT2D eigenvalue weighted by Crippen LogP contribution is -2.10. The minimum atomic E-state index is 0.235. The monoisotopic (exact) mass is 183 g/mol. The van der Waals surface area contributed by atoms with Crippen LogP contribution in [0.5, 0.6) is 0 Å². The van der Waals surface area contributed by atoms with Gasteiger partial charge in [-0.2, -0.15) is 5.10 Å². The van der Waals surface area contributed by atoms with Gasteiger partial charge in [0.15, 0.2) is 0 Å². The second-order valence-electron chi connectivity index (χ2n) is 2.17. The van der Waals surface area contributed by atoms with Crippen LogP contribution in [0.1, 0.15) is 0 Å². The molecule has 6 nitrogen and oxygen atoms in total. The van der Waals surface area contributed by atoms with E-state index in [1.54, 1.807) is 12.3 Å². The molecule has 6 heteroatoms. The lowest BCUT2D eigenvalue weighted by Gasteiger charge is -2.04. The quantitative estimate of drug-likeness (QED) is 0.482. The maximum atomic E-state index is 10.1. The lowest BCUT2D eigenvalue weighted by atomic mass is 10.6. The standard InChI is InChI=1S/C7H9N3O3/c11-5-8-7-1-2-9-10(7)3-4-13-6-12/h1-2,5-6H,3-4H2,(H,8,11). The van der Waals surface area contributed by atoms with Crippen LogP contribution in [0.2, 0.25) is 0 Å². The predicted octanol–water partition coefficient (Wildman–Crippen LogP) is -0.376. The van der Waals surface area contributed by atoms with E-state index < -0.39 is 0 Å². The summed E-state index contributed by atoms with van der Waals surface area (Å²) in [6, 6.07) is 1.65. The molecule has 1 rings (SSSR count). The van der Waals surface area contributed by atoms with E-state index in [2.05, 4.69) is 15.2 Å². The summed E-state index contributed by atoms with van der Waals surface area (Å²) in [7, 11) is 0. The van der Waals surface area contributed by atoms with Crippen molar-refractivity contribution in [3.63, 3.8) is 0 Å². The molecule has 1 aromatic rings. The van der Waals surface area contributed by atoms with E-state index in [0.717, 1.165) is 0 Å². The van der Waals surface area contributed by atoms with Gasteiger partial charge in [-0.3, -0.25) is 9.59 Å². The highest BCUT2D eigenvalue weighted by Crippen LogP contribution is 2.03. The molecular formula is C7H9N3O3. The van der Waals surface area contributed by atoms with Gasteiger partial charge in [0.1, 0.15) is 12.4 Å². The third kappa shape index (κ3) is 2.58. The summed E-state index contributed by atoms with van der Waals surface area (Å²) < 4.78 is 6.01. The van der Waals surface area contributed by atoms with E-state index in [9.17, 15) is 9.59 Å². The van der Waals surface area contributed by atoms with Crippen molar-refractivity contribution in [1.82, 2.24) is 9.78 Å². The maximum absolute atomic E-state index is 10.1. The van der Waals surface area contributed by atoms with Gasteiger partial charge in [0.25, 0.3) is 6.47 Å². The maximum Gasteiger partial charge on any atom is 0.293 e. The van der Waals surface area contributed by atoms with E-state index in [1.807, 2.05) is 0 Å². The van der Waals surface area contributed by atoms with Crippen LogP contribution in [-0.2, 0) is 20.9 Å². The summed E-state index contributed by atoms with van der Waals surface area (Å²) in [4.78, 5) is 19.9. The van der Waals surface area contributed by atoms with Crippen molar-refractivity contribution in [1.29, 1.82) is 0 Å². The van der Waals surface area contributed by atoms with Crippen LogP contribution in [0.4, 0.5) is 5.82 Å². The van der Waals surface area contributed by atoms with Crippen molar-refractivity contribution in [2.75, 3.05) is 11.9 Å². The largest absolute Gasteiger partial charge is 0.466 e. The van der Waals surface area contributed by atoms with Crippen LogP contribution in [0.3, 0.4) is 0 Å². The SMILES string of the molecule is O=CNc1ccnn1CCOC=O. The Hall–Kier alpha value is -1.85. The van der Waals surface area contributed by atoms with Crippen molar-refractivity contribution in [2.24, 2.45) is 0 Å². The molecule has 0 unspecified atom stereocenters. The Morgan fingerprint density at radius 1 is 1.62 bits per heavy atom. The normalized spacial score (nSPS) is 9.23. The zero-order valence-electron chi connectivity index (χ0n) is 6.84. The third-order valence-electron chi connectivity index (χ3n) is 1.41. The molecular weight excluding hydrogens is 174 g/mol. The Labute approximate surface area is 74.5 Å². The fourth-order valence-electron chi connectivity index (χ4n) is 0.881. The highest BCUT2D eigenvalue weighted by Gasteiger charge is 1.99. The van der Waals surface area contributed by atoms with Crippen molar-refractivity contribution in [3.05, 3.63) is 12.3 Å². The Kier molecular flexibility index (Phi) is 3.49. The molecule has 0 aromatic carbocycles. The molecule has 0 fully saturated rings. The molecule has 0 aliphatic rings. The topological polar surface area (TPSA) is 73.2 Å². The molecule has 1 amide bonds. The van der Waals surface area contributed by atoms with Crippen LogP contribution in [0.25, 0.3) is 0 Å². The van der Waals surface area contributed by atoms with Gasteiger partial charge in [-0.15, -0.1) is 0 Å². The Bertz CT molecular complexity index is 284. The molecule has 1 N–H and O–H groups in total. The number of nitrogens with one attached hydrogen (secondary N) is 1. The number of rotatable bonds is 6. The number of carbonyl (C=O) groups excluding carboxylic acids is 2. The van der Waals surface area contributed by atoms with E-state index in [-0.39, 0.29) is 6.61 Å². The number of nitrogens with zero attached hydrogens (tertiary/aromatic N) is 2. The first kappa shape index (κ1) is 9.24. The minimum absolute atomic E-state index is 0.235. The van der Waals surface area contributed by atoms with Gasteiger partial charge >= 0.3 is 0 Å². The summed E-state index contributed by atoms with van der Waals surface area (Å²) in [5.41, 5.74) is 0. The van der Waals surface area contributed by atoms with Crippen LogP contribution >= 0.6 is 0 Å². The lowest BCUT2D eigenvalue weighted by molar-refractivity contribution is -0.129. The van der Waals surface area contributed by atoms with E-state index >= 15 is 0 Å². The molecule has 0 saturated carbocycles. The molecule has 1 aromatic heterocycles. The fraction of sp³-hybridized carbons (Fsp3) is 0.286. The number of ether oxygens (including phenoxy) is 1. The first-order valence-electron chi connectivity index (χ1n) is 3.65. The van der Waals surface area contributed by atoms with Crippen LogP contribution in [0, 0.1) is 0 Å². The molecule has 0 spiro atoms. The minimum Gasteiger partial charge on any atom is -0.466 e. The van der Waals surface area contributed by atoms with Gasteiger partial charge in [0.2, 0.25) is 6.41 Å². The average molecular weight is 183 g/mol. The molecule has 0 saturated heterocycles. The Morgan fingerprint density at radius 3 is 3.15 bits per heavy atom. The zero-order valence-corrected chi connectivity index (χ0v) is 6.84. The van der Waals surface area contributed by atoms with Crippen molar-refractivity contribution in [2.45, 2.75) is 6.54 Å². The number of amides is 1. The summed E-state index contributed by atoms with van der Waals surface area (Å²) in [6.07, 6.45) is 2.11. The van der Waals surface area contributed by atoms with Crippen LogP contribution in [-0.4, -0.2) is 29.3 Å². The number of anilines is 1. The number of carbonyl (C=O) groups is 2. The highest BCUT2D eigenvalue weighted by atomic mass is 16.5. The summed E-state index contributed by atoms with van der Waals surface area (Å²) in [5, 5.41) is 6.37.